The highest BCUT2D eigenvalue weighted by Crippen LogP contribution is 2.25. The summed E-state index contributed by atoms with van der Waals surface area (Å²) in [5, 5.41) is 2.51. The topological polar surface area (TPSA) is 108 Å². The smallest absolute Gasteiger partial charge is 0.344 e. The number of amides is 1. The quantitative estimate of drug-likeness (QED) is 0.249. The molecule has 0 heterocycles. The van der Waals surface area contributed by atoms with E-state index < -0.39 is 40.9 Å². The third kappa shape index (κ3) is 8.24. The number of hydrogen-bond donors (Lipinski definition) is 1. The highest BCUT2D eigenvalue weighted by Gasteiger charge is 2.50. The van der Waals surface area contributed by atoms with Crippen molar-refractivity contribution in [2.24, 2.45) is 5.92 Å². The predicted octanol–water partition coefficient (Wildman–Crippen LogP) is 2.74. The van der Waals surface area contributed by atoms with E-state index >= 15 is 0 Å². The molecule has 0 aliphatic carbocycles. The van der Waals surface area contributed by atoms with Gasteiger partial charge in [-0.3, -0.25) is 9.59 Å². The van der Waals surface area contributed by atoms with Crippen LogP contribution in [0.15, 0.2) is 35.2 Å². The third-order valence-corrected chi connectivity index (χ3v) is 5.43. The summed E-state index contributed by atoms with van der Waals surface area (Å²) in [4.78, 5) is 50.8. The van der Waals surface area contributed by atoms with Crippen molar-refractivity contribution < 1.29 is 33.4 Å². The second-order valence-electron chi connectivity index (χ2n) is 8.01. The Morgan fingerprint density at radius 1 is 1.00 bits per heavy atom. The first-order valence-electron chi connectivity index (χ1n) is 9.83. The van der Waals surface area contributed by atoms with E-state index in [0.717, 1.165) is 19.1 Å². The Labute approximate surface area is 187 Å². The van der Waals surface area contributed by atoms with Gasteiger partial charge in [0.1, 0.15) is 5.60 Å². The van der Waals surface area contributed by atoms with Crippen LogP contribution >= 0.6 is 11.8 Å². The standard InChI is InChI=1S/C22H31NO7S/c1-15(12-13-17(24)30-21(2,3)4)18(25)23-22(19(26)28-5,20(27)29-6)14-31-16-10-8-7-9-11-16/h7-11,15H,12-14H2,1-6H3,(H,23,25)/t15-/m1/s1. The largest absolute Gasteiger partial charge is 0.467 e. The van der Waals surface area contributed by atoms with Gasteiger partial charge < -0.3 is 19.5 Å². The summed E-state index contributed by atoms with van der Waals surface area (Å²) in [5.41, 5.74) is -2.65. The van der Waals surface area contributed by atoms with E-state index in [0.29, 0.717) is 0 Å². The molecule has 1 aromatic rings. The zero-order valence-electron chi connectivity index (χ0n) is 18.9. The summed E-state index contributed by atoms with van der Waals surface area (Å²) in [6, 6.07) is 9.10. The monoisotopic (exact) mass is 453 g/mol. The van der Waals surface area contributed by atoms with Gasteiger partial charge in [0.05, 0.1) is 14.2 Å². The molecule has 0 aliphatic rings. The lowest BCUT2D eigenvalue weighted by Crippen LogP contribution is -2.63. The Balaban J connectivity index is 2.96. The van der Waals surface area contributed by atoms with Crippen molar-refractivity contribution in [1.29, 1.82) is 0 Å². The fourth-order valence-electron chi connectivity index (χ4n) is 2.59. The fraction of sp³-hybridized carbons (Fsp3) is 0.545. The molecule has 1 rings (SSSR count). The van der Waals surface area contributed by atoms with Crippen LogP contribution in [0.4, 0.5) is 0 Å². The molecule has 8 nitrogen and oxygen atoms in total. The van der Waals surface area contributed by atoms with Gasteiger partial charge in [-0.05, 0) is 39.3 Å². The van der Waals surface area contributed by atoms with Crippen molar-refractivity contribution in [3.8, 4) is 0 Å². The minimum Gasteiger partial charge on any atom is -0.467 e. The van der Waals surface area contributed by atoms with Crippen LogP contribution in [0, 0.1) is 5.92 Å². The molecule has 0 bridgehead atoms. The lowest BCUT2D eigenvalue weighted by atomic mass is 9.98. The van der Waals surface area contributed by atoms with E-state index in [-0.39, 0.29) is 18.6 Å². The molecule has 0 spiro atoms. The van der Waals surface area contributed by atoms with Gasteiger partial charge in [0.15, 0.2) is 0 Å². The van der Waals surface area contributed by atoms with Crippen molar-refractivity contribution in [3.63, 3.8) is 0 Å². The Morgan fingerprint density at radius 2 is 1.55 bits per heavy atom. The van der Waals surface area contributed by atoms with Crippen LogP contribution in [0.2, 0.25) is 0 Å². The van der Waals surface area contributed by atoms with E-state index in [1.807, 2.05) is 30.3 Å². The van der Waals surface area contributed by atoms with Crippen LogP contribution in [0.5, 0.6) is 0 Å². The first kappa shape index (κ1) is 26.5. The fourth-order valence-corrected chi connectivity index (χ4v) is 3.63. The zero-order valence-corrected chi connectivity index (χ0v) is 19.7. The molecule has 0 unspecified atom stereocenters. The number of rotatable bonds is 10. The zero-order chi connectivity index (χ0) is 23.7. The predicted molar refractivity (Wildman–Crippen MR) is 116 cm³/mol. The molecule has 0 fully saturated rings. The average molecular weight is 454 g/mol. The number of carbonyl (C=O) groups excluding carboxylic acids is 4. The number of hydrogen-bond acceptors (Lipinski definition) is 8. The van der Waals surface area contributed by atoms with Crippen LogP contribution in [0.1, 0.15) is 40.5 Å². The molecule has 0 aliphatic heterocycles. The van der Waals surface area contributed by atoms with Gasteiger partial charge in [-0.25, -0.2) is 9.59 Å². The van der Waals surface area contributed by atoms with E-state index in [1.54, 1.807) is 27.7 Å². The molecular formula is C22H31NO7S. The summed E-state index contributed by atoms with van der Waals surface area (Å²) in [5.74, 6) is -3.66. The number of nitrogens with one attached hydrogen (secondary N) is 1. The summed E-state index contributed by atoms with van der Waals surface area (Å²) < 4.78 is 14.9. The minimum absolute atomic E-state index is 0.0219. The van der Waals surface area contributed by atoms with E-state index in [2.05, 4.69) is 5.32 Å². The van der Waals surface area contributed by atoms with Gasteiger partial charge in [-0.1, -0.05) is 25.1 Å². The molecule has 1 aromatic carbocycles. The maximum Gasteiger partial charge on any atom is 0.344 e. The highest BCUT2D eigenvalue weighted by atomic mass is 32.2. The molecule has 1 atom stereocenters. The molecule has 1 amide bonds. The molecule has 1 N–H and O–H groups in total. The van der Waals surface area contributed by atoms with E-state index in [4.69, 9.17) is 14.2 Å². The second kappa shape index (κ2) is 11.7. The van der Waals surface area contributed by atoms with Gasteiger partial charge in [0.25, 0.3) is 0 Å². The first-order chi connectivity index (χ1) is 14.4. The number of ether oxygens (including phenoxy) is 3. The SMILES string of the molecule is COC(=O)C(CSc1ccccc1)(NC(=O)[C@H](C)CCC(=O)OC(C)(C)C)C(=O)OC. The lowest BCUT2D eigenvalue weighted by Gasteiger charge is -2.30. The van der Waals surface area contributed by atoms with E-state index in [9.17, 15) is 19.2 Å². The van der Waals surface area contributed by atoms with E-state index in [1.165, 1.54) is 11.8 Å². The highest BCUT2D eigenvalue weighted by molar-refractivity contribution is 7.99. The maximum absolute atomic E-state index is 12.8. The molecule has 0 saturated heterocycles. The normalized spacial score (nSPS) is 12.5. The number of carbonyl (C=O) groups is 4. The van der Waals surface area contributed by atoms with Crippen LogP contribution in [-0.4, -0.2) is 54.9 Å². The molecule has 9 heteroatoms. The molecule has 0 saturated carbocycles. The van der Waals surface area contributed by atoms with Crippen molar-refractivity contribution >= 4 is 35.6 Å². The molecule has 172 valence electrons. The maximum atomic E-state index is 12.8. The number of esters is 3. The van der Waals surface area contributed by atoms with Gasteiger partial charge in [-0.15, -0.1) is 11.8 Å². The molecule has 0 radical (unpaired) electrons. The number of thioether (sulfide) groups is 1. The Morgan fingerprint density at radius 3 is 2.03 bits per heavy atom. The van der Waals surface area contributed by atoms with Gasteiger partial charge in [0.2, 0.25) is 11.4 Å². The van der Waals surface area contributed by atoms with Crippen LogP contribution in [0.25, 0.3) is 0 Å². The number of methoxy groups -OCH3 is 2. The van der Waals surface area contributed by atoms with Crippen molar-refractivity contribution in [2.45, 2.75) is 56.6 Å². The molecule has 31 heavy (non-hydrogen) atoms. The van der Waals surface area contributed by atoms with Gasteiger partial charge >= 0.3 is 17.9 Å². The van der Waals surface area contributed by atoms with Crippen LogP contribution in [-0.2, 0) is 33.4 Å². The Bertz CT molecular complexity index is 758. The summed E-state index contributed by atoms with van der Waals surface area (Å²) in [6.45, 7) is 6.87. The summed E-state index contributed by atoms with van der Waals surface area (Å²) >= 11 is 1.20. The summed E-state index contributed by atoms with van der Waals surface area (Å²) in [7, 11) is 2.26. The number of benzene rings is 1. The van der Waals surface area contributed by atoms with Crippen LogP contribution < -0.4 is 5.32 Å². The van der Waals surface area contributed by atoms with Crippen molar-refractivity contribution in [1.82, 2.24) is 5.32 Å². The van der Waals surface area contributed by atoms with Crippen LogP contribution in [0.3, 0.4) is 0 Å². The lowest BCUT2D eigenvalue weighted by molar-refractivity contribution is -0.164. The average Bonchev–Trinajstić information content (AvgIpc) is 2.73. The molecular weight excluding hydrogens is 422 g/mol. The first-order valence-corrected chi connectivity index (χ1v) is 10.8. The van der Waals surface area contributed by atoms with Gasteiger partial charge in [-0.2, -0.15) is 0 Å². The Hall–Kier alpha value is -2.55. The minimum atomic E-state index is -2.03. The Kier molecular flexibility index (Phi) is 10.0. The molecule has 0 aromatic heterocycles. The second-order valence-corrected chi connectivity index (χ2v) is 9.05. The third-order valence-electron chi connectivity index (χ3n) is 4.25. The van der Waals surface area contributed by atoms with Crippen molar-refractivity contribution in [2.75, 3.05) is 20.0 Å². The summed E-state index contributed by atoms with van der Waals surface area (Å²) in [6.07, 6.45) is 0.207. The van der Waals surface area contributed by atoms with Crippen molar-refractivity contribution in [3.05, 3.63) is 30.3 Å². The van der Waals surface area contributed by atoms with Gasteiger partial charge in [0, 0.05) is 23.0 Å².